The van der Waals surface area contributed by atoms with Crippen LogP contribution in [0.1, 0.15) is 27.2 Å². The van der Waals surface area contributed by atoms with Gasteiger partial charge in [-0.1, -0.05) is 36.7 Å². The summed E-state index contributed by atoms with van der Waals surface area (Å²) in [5.41, 5.74) is 0.873. The zero-order valence-corrected chi connectivity index (χ0v) is 13.4. The first kappa shape index (κ1) is 14.8. The maximum atomic E-state index is 14.0. The number of nitrogens with one attached hydrogen (secondary N) is 1. The van der Waals surface area contributed by atoms with Gasteiger partial charge in [-0.15, -0.1) is 0 Å². The summed E-state index contributed by atoms with van der Waals surface area (Å²) in [6.07, 6.45) is 1.04. The molecule has 1 saturated heterocycles. The first-order chi connectivity index (χ1) is 8.88. The quantitative estimate of drug-likeness (QED) is 0.843. The van der Waals surface area contributed by atoms with Gasteiger partial charge in [0.15, 0.2) is 0 Å². The fourth-order valence-electron chi connectivity index (χ4n) is 2.45. The molecule has 19 heavy (non-hydrogen) atoms. The summed E-state index contributed by atoms with van der Waals surface area (Å²) in [4.78, 5) is 2.16. The van der Waals surface area contributed by atoms with E-state index < -0.39 is 0 Å². The fraction of sp³-hybridized carbons (Fsp3) is 0.600. The second kappa shape index (κ2) is 5.80. The van der Waals surface area contributed by atoms with E-state index in [-0.39, 0.29) is 11.2 Å². The maximum Gasteiger partial charge on any atom is 0.146 e. The minimum atomic E-state index is -0.141. The van der Waals surface area contributed by atoms with Crippen molar-refractivity contribution in [2.75, 3.05) is 24.5 Å². The molecule has 2 nitrogen and oxygen atoms in total. The lowest BCUT2D eigenvalue weighted by molar-refractivity contribution is 0.280. The van der Waals surface area contributed by atoms with Gasteiger partial charge in [0.2, 0.25) is 0 Å². The number of halogens is 2. The summed E-state index contributed by atoms with van der Waals surface area (Å²) < 4.78 is 15.0. The number of hydrogen-bond acceptors (Lipinski definition) is 2. The molecule has 106 valence electrons. The van der Waals surface area contributed by atoms with Crippen LogP contribution in [0.25, 0.3) is 0 Å². The molecule has 1 N–H and O–H groups in total. The minimum absolute atomic E-state index is 0.141. The third-order valence-corrected chi connectivity index (χ3v) is 4.19. The van der Waals surface area contributed by atoms with Crippen molar-refractivity contribution in [2.45, 2.75) is 33.2 Å². The van der Waals surface area contributed by atoms with Crippen LogP contribution in [-0.4, -0.2) is 25.7 Å². The molecule has 4 heteroatoms. The van der Waals surface area contributed by atoms with Crippen LogP contribution in [0.2, 0.25) is 0 Å². The third-order valence-electron chi connectivity index (χ3n) is 3.69. The standard InChI is InChI=1S/C15H22BrFN2/c1-15(2,3)14-10-19(8-4-7-18-14)13-9-11(16)5-6-12(13)17/h5-6,9,14,18H,4,7-8,10H2,1-3H3. The molecule has 1 aliphatic heterocycles. The normalized spacial score (nSPS) is 21.3. The molecule has 1 heterocycles. The van der Waals surface area contributed by atoms with Gasteiger partial charge in [-0.25, -0.2) is 4.39 Å². The summed E-state index contributed by atoms with van der Waals surface area (Å²) in [5.74, 6) is -0.141. The van der Waals surface area contributed by atoms with Crippen LogP contribution in [0, 0.1) is 11.2 Å². The molecule has 1 fully saturated rings. The van der Waals surface area contributed by atoms with Crippen molar-refractivity contribution in [1.82, 2.24) is 5.32 Å². The van der Waals surface area contributed by atoms with E-state index >= 15 is 0 Å². The second-order valence-electron chi connectivity index (χ2n) is 6.27. The van der Waals surface area contributed by atoms with Gasteiger partial charge in [-0.3, -0.25) is 0 Å². The Labute approximate surface area is 123 Å². The van der Waals surface area contributed by atoms with Gasteiger partial charge >= 0.3 is 0 Å². The van der Waals surface area contributed by atoms with Crippen molar-refractivity contribution >= 4 is 21.6 Å². The van der Waals surface area contributed by atoms with E-state index in [0.717, 1.165) is 30.5 Å². The Morgan fingerprint density at radius 1 is 1.37 bits per heavy atom. The Morgan fingerprint density at radius 2 is 2.11 bits per heavy atom. The monoisotopic (exact) mass is 328 g/mol. The molecular formula is C15H22BrFN2. The Morgan fingerprint density at radius 3 is 2.79 bits per heavy atom. The predicted octanol–water partition coefficient (Wildman–Crippen LogP) is 3.80. The SMILES string of the molecule is CC(C)(C)C1CN(c2cc(Br)ccc2F)CCCN1. The lowest BCUT2D eigenvalue weighted by atomic mass is 9.86. The summed E-state index contributed by atoms with van der Waals surface area (Å²) in [6, 6.07) is 5.52. The number of anilines is 1. The minimum Gasteiger partial charge on any atom is -0.368 e. The number of nitrogens with zero attached hydrogens (tertiary/aromatic N) is 1. The Bertz CT molecular complexity index is 442. The predicted molar refractivity (Wildman–Crippen MR) is 82.2 cm³/mol. The number of hydrogen-bond donors (Lipinski definition) is 1. The van der Waals surface area contributed by atoms with Crippen LogP contribution < -0.4 is 10.2 Å². The van der Waals surface area contributed by atoms with Gasteiger partial charge in [0.05, 0.1) is 5.69 Å². The topological polar surface area (TPSA) is 15.3 Å². The Balaban J connectivity index is 2.25. The average Bonchev–Trinajstić information content (AvgIpc) is 2.57. The molecule has 0 saturated carbocycles. The van der Waals surface area contributed by atoms with Gasteiger partial charge < -0.3 is 10.2 Å². The second-order valence-corrected chi connectivity index (χ2v) is 7.18. The van der Waals surface area contributed by atoms with Crippen molar-refractivity contribution in [1.29, 1.82) is 0 Å². The third kappa shape index (κ3) is 3.69. The van der Waals surface area contributed by atoms with E-state index in [2.05, 4.69) is 46.9 Å². The Kier molecular flexibility index (Phi) is 4.51. The van der Waals surface area contributed by atoms with Crippen molar-refractivity contribution in [2.24, 2.45) is 5.41 Å². The van der Waals surface area contributed by atoms with Gasteiger partial charge in [0.25, 0.3) is 0 Å². The van der Waals surface area contributed by atoms with Crippen molar-refractivity contribution in [3.05, 3.63) is 28.5 Å². The van der Waals surface area contributed by atoms with E-state index in [1.807, 2.05) is 6.07 Å². The maximum absolute atomic E-state index is 14.0. The van der Waals surface area contributed by atoms with Crippen LogP contribution in [-0.2, 0) is 0 Å². The van der Waals surface area contributed by atoms with Crippen LogP contribution in [0.5, 0.6) is 0 Å². The molecule has 1 aromatic rings. The number of rotatable bonds is 1. The van der Waals surface area contributed by atoms with Gasteiger partial charge in [0, 0.05) is 23.6 Å². The average molecular weight is 329 g/mol. The summed E-state index contributed by atoms with van der Waals surface area (Å²) in [7, 11) is 0. The zero-order chi connectivity index (χ0) is 14.0. The van der Waals surface area contributed by atoms with Gasteiger partial charge in [0.1, 0.15) is 5.82 Å². The highest BCUT2D eigenvalue weighted by atomic mass is 79.9. The molecule has 0 bridgehead atoms. The first-order valence-corrected chi connectivity index (χ1v) is 7.60. The zero-order valence-electron chi connectivity index (χ0n) is 11.8. The molecule has 2 rings (SSSR count). The molecule has 0 spiro atoms. The fourth-order valence-corrected chi connectivity index (χ4v) is 2.80. The van der Waals surface area contributed by atoms with E-state index in [4.69, 9.17) is 0 Å². The molecule has 1 aromatic carbocycles. The van der Waals surface area contributed by atoms with Gasteiger partial charge in [-0.2, -0.15) is 0 Å². The molecule has 0 aromatic heterocycles. The molecule has 0 aliphatic carbocycles. The lowest BCUT2D eigenvalue weighted by Gasteiger charge is -2.34. The van der Waals surface area contributed by atoms with E-state index in [1.54, 1.807) is 6.07 Å². The van der Waals surface area contributed by atoms with Gasteiger partial charge in [-0.05, 0) is 36.6 Å². The van der Waals surface area contributed by atoms with E-state index in [0.29, 0.717) is 11.7 Å². The van der Waals surface area contributed by atoms with Crippen molar-refractivity contribution in [3.63, 3.8) is 0 Å². The van der Waals surface area contributed by atoms with Crippen LogP contribution in [0.4, 0.5) is 10.1 Å². The van der Waals surface area contributed by atoms with Crippen LogP contribution >= 0.6 is 15.9 Å². The van der Waals surface area contributed by atoms with Crippen LogP contribution in [0.3, 0.4) is 0 Å². The summed E-state index contributed by atoms with van der Waals surface area (Å²) >= 11 is 3.43. The highest BCUT2D eigenvalue weighted by Crippen LogP contribution is 2.28. The largest absolute Gasteiger partial charge is 0.368 e. The summed E-state index contributed by atoms with van der Waals surface area (Å²) in [6.45, 7) is 9.42. The van der Waals surface area contributed by atoms with Crippen molar-refractivity contribution in [3.8, 4) is 0 Å². The summed E-state index contributed by atoms with van der Waals surface area (Å²) in [5, 5.41) is 3.58. The lowest BCUT2D eigenvalue weighted by Crippen LogP contribution is -2.46. The molecule has 1 unspecified atom stereocenters. The molecule has 1 aliphatic rings. The van der Waals surface area contributed by atoms with E-state index in [9.17, 15) is 4.39 Å². The molecule has 1 atom stereocenters. The molecule has 0 radical (unpaired) electrons. The molecule has 0 amide bonds. The molecular weight excluding hydrogens is 307 g/mol. The smallest absolute Gasteiger partial charge is 0.146 e. The van der Waals surface area contributed by atoms with E-state index in [1.165, 1.54) is 6.07 Å². The Hall–Kier alpha value is -0.610. The first-order valence-electron chi connectivity index (χ1n) is 6.81. The highest BCUT2D eigenvalue weighted by molar-refractivity contribution is 9.10. The number of benzene rings is 1. The van der Waals surface area contributed by atoms with Crippen molar-refractivity contribution < 1.29 is 4.39 Å². The highest BCUT2D eigenvalue weighted by Gasteiger charge is 2.28. The van der Waals surface area contributed by atoms with Crippen LogP contribution in [0.15, 0.2) is 22.7 Å².